The van der Waals surface area contributed by atoms with E-state index in [0.717, 1.165) is 0 Å². The highest BCUT2D eigenvalue weighted by Gasteiger charge is 2.17. The summed E-state index contributed by atoms with van der Waals surface area (Å²) in [6.07, 6.45) is 1.80. The lowest BCUT2D eigenvalue weighted by Gasteiger charge is -2.12. The summed E-state index contributed by atoms with van der Waals surface area (Å²) < 4.78 is 31.0. The summed E-state index contributed by atoms with van der Waals surface area (Å²) in [6, 6.07) is 4.65. The lowest BCUT2D eigenvalue weighted by molar-refractivity contribution is 0.380. The third-order valence-electron chi connectivity index (χ3n) is 2.63. The van der Waals surface area contributed by atoms with Crippen molar-refractivity contribution in [1.29, 1.82) is 0 Å². The summed E-state index contributed by atoms with van der Waals surface area (Å²) in [6.45, 7) is 0.457. The van der Waals surface area contributed by atoms with Gasteiger partial charge in [0.05, 0.1) is 5.69 Å². The summed E-state index contributed by atoms with van der Waals surface area (Å²) in [4.78, 5) is 3.98. The molecule has 0 saturated carbocycles. The van der Waals surface area contributed by atoms with Crippen LogP contribution in [0.25, 0.3) is 0 Å². The summed E-state index contributed by atoms with van der Waals surface area (Å²) >= 11 is 0. The third-order valence-corrected chi connectivity index (χ3v) is 4.08. The van der Waals surface area contributed by atoms with E-state index in [9.17, 15) is 8.42 Å². The number of hydrogen-bond donors (Lipinski definition) is 3. The molecule has 0 amide bonds. The van der Waals surface area contributed by atoms with Gasteiger partial charge in [-0.25, -0.2) is 13.1 Å². The van der Waals surface area contributed by atoms with Gasteiger partial charge in [-0.05, 0) is 25.2 Å². The molecule has 0 aliphatic carbocycles. The lowest BCUT2D eigenvalue weighted by Crippen LogP contribution is -2.21. The molecule has 0 unspecified atom stereocenters. The first-order valence-electron chi connectivity index (χ1n) is 5.85. The second kappa shape index (κ2) is 5.88. The Morgan fingerprint density at radius 3 is 2.85 bits per heavy atom. The van der Waals surface area contributed by atoms with Crippen LogP contribution >= 0.6 is 0 Å². The van der Waals surface area contributed by atoms with E-state index in [1.807, 2.05) is 0 Å². The molecular weight excluding hydrogens is 282 g/mol. The van der Waals surface area contributed by atoms with Crippen LogP contribution in [-0.2, 0) is 16.4 Å². The van der Waals surface area contributed by atoms with E-state index in [-0.39, 0.29) is 4.90 Å². The Hall–Kier alpha value is -2.13. The van der Waals surface area contributed by atoms with E-state index in [0.29, 0.717) is 30.2 Å². The van der Waals surface area contributed by atoms with Crippen molar-refractivity contribution in [3.8, 4) is 0 Å². The normalized spacial score (nSPS) is 11.4. The first-order valence-corrected chi connectivity index (χ1v) is 7.34. The smallest absolute Gasteiger partial charge is 0.242 e. The number of benzene rings is 1. The fourth-order valence-corrected chi connectivity index (χ4v) is 2.57. The SMILES string of the molecule is CNS(=O)(=O)c1cc(N)ccc1NCCc1ncno1. The third kappa shape index (κ3) is 3.25. The Kier molecular flexibility index (Phi) is 4.20. The fraction of sp³-hybridized carbons (Fsp3) is 0.273. The topological polar surface area (TPSA) is 123 Å². The molecule has 0 aliphatic heterocycles. The average molecular weight is 297 g/mol. The van der Waals surface area contributed by atoms with Gasteiger partial charge in [-0.1, -0.05) is 5.16 Å². The molecule has 8 nitrogen and oxygen atoms in total. The lowest BCUT2D eigenvalue weighted by atomic mass is 10.2. The van der Waals surface area contributed by atoms with Crippen molar-refractivity contribution < 1.29 is 12.9 Å². The Morgan fingerprint density at radius 1 is 1.40 bits per heavy atom. The molecule has 0 fully saturated rings. The number of aromatic nitrogens is 2. The minimum absolute atomic E-state index is 0.102. The average Bonchev–Trinajstić information content (AvgIpc) is 2.93. The maximum atomic E-state index is 11.9. The standard InChI is InChI=1S/C11H15N5O3S/c1-13-20(17,18)10-6-8(12)2-3-9(10)14-5-4-11-15-7-16-19-11/h2-3,6-7,13-14H,4-5,12H2,1H3. The maximum absolute atomic E-state index is 11.9. The molecule has 2 aromatic rings. The zero-order chi connectivity index (χ0) is 14.6. The summed E-state index contributed by atoms with van der Waals surface area (Å²) in [5.41, 5.74) is 6.47. The monoisotopic (exact) mass is 297 g/mol. The van der Waals surface area contributed by atoms with Crippen molar-refractivity contribution in [3.63, 3.8) is 0 Å². The van der Waals surface area contributed by atoms with Gasteiger partial charge < -0.3 is 15.6 Å². The van der Waals surface area contributed by atoms with Crippen molar-refractivity contribution in [3.05, 3.63) is 30.4 Å². The van der Waals surface area contributed by atoms with Crippen molar-refractivity contribution in [2.75, 3.05) is 24.6 Å². The molecule has 1 aromatic carbocycles. The first kappa shape index (κ1) is 14.3. The van der Waals surface area contributed by atoms with E-state index < -0.39 is 10.0 Å². The van der Waals surface area contributed by atoms with E-state index >= 15 is 0 Å². The molecule has 0 atom stereocenters. The number of nitrogens with one attached hydrogen (secondary N) is 2. The second-order valence-corrected chi connectivity index (χ2v) is 5.83. The molecule has 1 aromatic heterocycles. The number of sulfonamides is 1. The van der Waals surface area contributed by atoms with Crippen LogP contribution in [0.1, 0.15) is 5.89 Å². The van der Waals surface area contributed by atoms with Gasteiger partial charge in [0.15, 0.2) is 6.33 Å². The van der Waals surface area contributed by atoms with Crippen LogP contribution < -0.4 is 15.8 Å². The number of anilines is 2. The minimum Gasteiger partial charge on any atom is -0.399 e. The molecule has 0 aliphatic rings. The molecule has 0 bridgehead atoms. The van der Waals surface area contributed by atoms with Crippen LogP contribution in [-0.4, -0.2) is 32.2 Å². The van der Waals surface area contributed by atoms with E-state index in [1.54, 1.807) is 12.1 Å². The summed E-state index contributed by atoms with van der Waals surface area (Å²) in [7, 11) is -2.23. The molecule has 9 heteroatoms. The Bertz CT molecular complexity index is 669. The number of nitrogen functional groups attached to an aromatic ring is 1. The van der Waals surface area contributed by atoms with Gasteiger partial charge in [0, 0.05) is 18.7 Å². The van der Waals surface area contributed by atoms with Crippen LogP contribution in [0.5, 0.6) is 0 Å². The second-order valence-electron chi connectivity index (χ2n) is 3.97. The molecule has 0 radical (unpaired) electrons. The highest BCUT2D eigenvalue weighted by Crippen LogP contribution is 2.23. The zero-order valence-electron chi connectivity index (χ0n) is 10.8. The predicted octanol–water partition coefficient (Wildman–Crippen LogP) is 0.214. The number of hydrogen-bond acceptors (Lipinski definition) is 7. The van der Waals surface area contributed by atoms with Crippen LogP contribution in [0.3, 0.4) is 0 Å². The molecular formula is C11H15N5O3S. The van der Waals surface area contributed by atoms with Gasteiger partial charge in [0.25, 0.3) is 0 Å². The van der Waals surface area contributed by atoms with Crippen LogP contribution in [0.4, 0.5) is 11.4 Å². The van der Waals surface area contributed by atoms with Crippen LogP contribution in [0.15, 0.2) is 33.9 Å². The Balaban J connectivity index is 2.15. The van der Waals surface area contributed by atoms with Gasteiger partial charge >= 0.3 is 0 Å². The fourth-order valence-electron chi connectivity index (χ4n) is 1.63. The van der Waals surface area contributed by atoms with Crippen molar-refractivity contribution in [1.82, 2.24) is 14.9 Å². The van der Waals surface area contributed by atoms with E-state index in [4.69, 9.17) is 10.3 Å². The highest BCUT2D eigenvalue weighted by molar-refractivity contribution is 7.89. The molecule has 0 spiro atoms. The van der Waals surface area contributed by atoms with Gasteiger partial charge in [-0.3, -0.25) is 0 Å². The molecule has 1 heterocycles. The van der Waals surface area contributed by atoms with E-state index in [2.05, 4.69) is 20.2 Å². The van der Waals surface area contributed by atoms with Crippen LogP contribution in [0, 0.1) is 0 Å². The Labute approximate surface area is 116 Å². The van der Waals surface area contributed by atoms with Crippen molar-refractivity contribution in [2.45, 2.75) is 11.3 Å². The molecule has 2 rings (SSSR count). The number of rotatable bonds is 6. The highest BCUT2D eigenvalue weighted by atomic mass is 32.2. The van der Waals surface area contributed by atoms with Gasteiger partial charge in [0.2, 0.25) is 15.9 Å². The molecule has 0 saturated heterocycles. The quantitative estimate of drug-likeness (QED) is 0.651. The molecule has 4 N–H and O–H groups in total. The van der Waals surface area contributed by atoms with Crippen molar-refractivity contribution >= 4 is 21.4 Å². The predicted molar refractivity (Wildman–Crippen MR) is 73.6 cm³/mol. The van der Waals surface area contributed by atoms with Crippen LogP contribution in [0.2, 0.25) is 0 Å². The summed E-state index contributed by atoms with van der Waals surface area (Å²) in [5.74, 6) is 0.478. The molecule has 20 heavy (non-hydrogen) atoms. The first-order chi connectivity index (χ1) is 9.53. The van der Waals surface area contributed by atoms with Crippen molar-refractivity contribution in [2.24, 2.45) is 0 Å². The van der Waals surface area contributed by atoms with E-state index in [1.165, 1.54) is 19.4 Å². The zero-order valence-corrected chi connectivity index (χ0v) is 11.6. The Morgan fingerprint density at radius 2 is 2.20 bits per heavy atom. The number of nitrogens with two attached hydrogens (primary N) is 1. The minimum atomic E-state index is -3.58. The summed E-state index contributed by atoms with van der Waals surface area (Å²) in [5, 5.41) is 6.51. The van der Waals surface area contributed by atoms with Gasteiger partial charge in [0.1, 0.15) is 4.90 Å². The maximum Gasteiger partial charge on any atom is 0.242 e. The van der Waals surface area contributed by atoms with Gasteiger partial charge in [-0.2, -0.15) is 4.98 Å². The molecule has 108 valence electrons. The largest absolute Gasteiger partial charge is 0.399 e. The number of nitrogens with zero attached hydrogens (tertiary/aromatic N) is 2. The van der Waals surface area contributed by atoms with Gasteiger partial charge in [-0.15, -0.1) is 0 Å².